The molecule has 0 rings (SSSR count). The molecule has 0 fully saturated rings. The van der Waals surface area contributed by atoms with Crippen molar-refractivity contribution in [2.45, 2.75) is 13.8 Å². The molecule has 0 aromatic carbocycles. The van der Waals surface area contributed by atoms with Gasteiger partial charge in [0.05, 0.1) is 0 Å². The van der Waals surface area contributed by atoms with E-state index in [0.29, 0.717) is 0 Å². The second kappa shape index (κ2) is 30.6. The minimum absolute atomic E-state index is 0.00507. The van der Waals surface area contributed by atoms with Gasteiger partial charge in [0.25, 0.3) is 0 Å². The van der Waals surface area contributed by atoms with Crippen LogP contribution in [0.5, 0.6) is 0 Å². The molecule has 0 N–H and O–H groups in total. The molecule has 0 radical (unpaired) electrons. The maximum atomic E-state index is 6.80. The summed E-state index contributed by atoms with van der Waals surface area (Å²) < 4.78 is 6.80. The van der Waals surface area contributed by atoms with Crippen molar-refractivity contribution in [1.29, 1.82) is 0 Å². The van der Waals surface area contributed by atoms with E-state index in [2.05, 4.69) is 225 Å². The van der Waals surface area contributed by atoms with Crippen molar-refractivity contribution in [3.63, 3.8) is 0 Å². The molecule has 0 heterocycles. The molecule has 0 spiro atoms. The summed E-state index contributed by atoms with van der Waals surface area (Å²) in [5.41, 5.74) is 0. The van der Waals surface area contributed by atoms with Crippen LogP contribution in [-0.2, 0) is 0 Å². The molecule has 0 nitrogen and oxygen atoms in total. The summed E-state index contributed by atoms with van der Waals surface area (Å²) >= 11 is 0. The SMILES string of the molecule is [3H]CC#CC#CC#CC#CC#CC#CC#CC#CC#CC#CC#CC#CC#CC#CC#CC#CC#CC#CC#CC. The van der Waals surface area contributed by atoms with E-state index in [1.165, 1.54) is 0 Å². The van der Waals surface area contributed by atoms with Gasteiger partial charge in [0.2, 0.25) is 0 Å². The fraction of sp³-hybridized carbons (Fsp3) is 0.0500. The van der Waals surface area contributed by atoms with E-state index in [0.717, 1.165) is 0 Å². The highest BCUT2D eigenvalue weighted by Crippen LogP contribution is 1.61. The van der Waals surface area contributed by atoms with E-state index in [4.69, 9.17) is 1.37 Å². The molecule has 0 heteroatoms. The largest absolute Gasteiger partial charge is 0.0925 e. The van der Waals surface area contributed by atoms with Gasteiger partial charge in [0.15, 0.2) is 0 Å². The summed E-state index contributed by atoms with van der Waals surface area (Å²) in [6, 6.07) is 0. The molecule has 0 aromatic heterocycles. The third-order valence-electron chi connectivity index (χ3n) is 2.40. The molecule has 0 aliphatic heterocycles. The van der Waals surface area contributed by atoms with Crippen molar-refractivity contribution >= 4 is 0 Å². The van der Waals surface area contributed by atoms with Crippen LogP contribution >= 0.6 is 0 Å². The third-order valence-corrected chi connectivity index (χ3v) is 2.40. The van der Waals surface area contributed by atoms with Crippen molar-refractivity contribution in [2.75, 3.05) is 0 Å². The third kappa shape index (κ3) is 29.6. The second-order valence-electron chi connectivity index (χ2n) is 4.93. The predicted octanol–water partition coefficient (Wildman–Crippen LogP) is 1.09. The minimum Gasteiger partial charge on any atom is -0.0925 e. The standard InChI is InChI=1S/C40H6/c1-3-5-7-9-11-13-15-17-19-21-23-25-27-29-31-33-35-37-39-40-38-36-34-32-30-28-26-24-22-20-18-16-14-12-10-8-6-4-2/h1-2H3/i1T. The number of hydrogen-bond acceptors (Lipinski definition) is 0. The first-order valence-corrected chi connectivity index (χ1v) is 10.1. The maximum Gasteiger partial charge on any atom is 0.0366 e. The lowest BCUT2D eigenvalue weighted by molar-refractivity contribution is 1.92. The Balaban J connectivity index is 4.52. The van der Waals surface area contributed by atoms with E-state index < -0.39 is 0 Å². The highest BCUT2D eigenvalue weighted by Gasteiger charge is 1.61. The summed E-state index contributed by atoms with van der Waals surface area (Å²) in [5, 5.41) is 0. The molecule has 0 aliphatic carbocycles. The van der Waals surface area contributed by atoms with Gasteiger partial charge >= 0.3 is 0 Å². The fourth-order valence-corrected chi connectivity index (χ4v) is 1.17. The summed E-state index contributed by atoms with van der Waals surface area (Å²) in [6.45, 7) is 1.69. The van der Waals surface area contributed by atoms with Crippen molar-refractivity contribution in [2.24, 2.45) is 0 Å². The Morgan fingerprint density at radius 2 is 0.325 bits per heavy atom. The summed E-state index contributed by atoms with van der Waals surface area (Å²) in [6.07, 6.45) is 0. The Morgan fingerprint density at radius 1 is 0.200 bits per heavy atom. The van der Waals surface area contributed by atoms with Crippen molar-refractivity contribution in [3.05, 3.63) is 0 Å². The number of hydrogen-bond donors (Lipinski definition) is 0. The Hall–Kier alpha value is -8.36. The first-order chi connectivity index (χ1) is 20.4. The lowest BCUT2D eigenvalue weighted by Gasteiger charge is -1.57. The molecule has 0 atom stereocenters. The highest BCUT2D eigenvalue weighted by molar-refractivity contribution is 5.49. The van der Waals surface area contributed by atoms with Gasteiger partial charge in [-0.15, -0.1) is 0 Å². The van der Waals surface area contributed by atoms with Crippen LogP contribution in [0, 0.1) is 225 Å². The molecule has 0 unspecified atom stereocenters. The quantitative estimate of drug-likeness (QED) is 0.448. The van der Waals surface area contributed by atoms with Gasteiger partial charge in [-0.25, -0.2) is 0 Å². The predicted molar refractivity (Wildman–Crippen MR) is 159 cm³/mol. The molecule has 0 saturated carbocycles. The van der Waals surface area contributed by atoms with Crippen LogP contribution in [0.4, 0.5) is 0 Å². The molecule has 166 valence electrons. The fourth-order valence-electron chi connectivity index (χ4n) is 1.17. The van der Waals surface area contributed by atoms with E-state index in [1.54, 1.807) is 6.92 Å². The van der Waals surface area contributed by atoms with Gasteiger partial charge in [-0.3, -0.25) is 0 Å². The Morgan fingerprint density at radius 3 is 0.450 bits per heavy atom. The first kappa shape index (κ1) is 29.7. The normalized spacial score (nSPS) is 4.28. The van der Waals surface area contributed by atoms with Crippen LogP contribution < -0.4 is 0 Å². The maximum absolute atomic E-state index is 6.80. The second-order valence-corrected chi connectivity index (χ2v) is 4.93. The average molecular weight is 488 g/mol. The van der Waals surface area contributed by atoms with E-state index >= 15 is 0 Å². The van der Waals surface area contributed by atoms with Crippen LogP contribution in [-0.4, -0.2) is 0 Å². The Bertz CT molecular complexity index is 2290. The van der Waals surface area contributed by atoms with Crippen LogP contribution in [0.3, 0.4) is 0 Å². The lowest BCUT2D eigenvalue weighted by Crippen LogP contribution is -1.57. The highest BCUT2D eigenvalue weighted by atomic mass is 13.6. The Kier molecular flexibility index (Phi) is 22.7. The zero-order chi connectivity index (χ0) is 29.6. The summed E-state index contributed by atoms with van der Waals surface area (Å²) in [4.78, 5) is 0. The monoisotopic (exact) mass is 488 g/mol. The van der Waals surface area contributed by atoms with Gasteiger partial charge in [-0.05, 0) is 109 Å². The van der Waals surface area contributed by atoms with E-state index in [-0.39, 0.29) is 6.90 Å². The summed E-state index contributed by atoms with van der Waals surface area (Å²) in [5.74, 6) is 95.0. The molecule has 0 aliphatic rings. The van der Waals surface area contributed by atoms with Crippen LogP contribution in [0.2, 0.25) is 0 Å². The van der Waals surface area contributed by atoms with Gasteiger partial charge in [-0.1, -0.05) is 11.8 Å². The zero-order valence-electron chi connectivity index (χ0n) is 21.7. The van der Waals surface area contributed by atoms with Gasteiger partial charge < -0.3 is 0 Å². The van der Waals surface area contributed by atoms with Crippen LogP contribution in [0.15, 0.2) is 0 Å². The minimum atomic E-state index is 0.00507. The van der Waals surface area contributed by atoms with Crippen LogP contribution in [0.25, 0.3) is 0 Å². The van der Waals surface area contributed by atoms with E-state index in [9.17, 15) is 0 Å². The smallest absolute Gasteiger partial charge is 0.0366 e. The van der Waals surface area contributed by atoms with Crippen LogP contribution in [0.1, 0.15) is 15.2 Å². The van der Waals surface area contributed by atoms with Gasteiger partial charge in [0, 0.05) is 120 Å². The molecular weight excluding hydrogens is 480 g/mol. The molecule has 0 bridgehead atoms. The topological polar surface area (TPSA) is 0 Å². The molecule has 40 heavy (non-hydrogen) atoms. The van der Waals surface area contributed by atoms with E-state index in [1.807, 2.05) is 0 Å². The number of rotatable bonds is 0. The van der Waals surface area contributed by atoms with Crippen molar-refractivity contribution in [3.8, 4) is 225 Å². The molecular formula is C40H6. The zero-order valence-corrected chi connectivity index (χ0v) is 20.7. The molecule has 0 amide bonds. The average Bonchev–Trinajstić information content (AvgIpc) is 2.98. The Labute approximate surface area is 239 Å². The molecule has 0 aromatic rings. The molecule has 0 saturated heterocycles. The van der Waals surface area contributed by atoms with Gasteiger partial charge in [0.1, 0.15) is 0 Å². The lowest BCUT2D eigenvalue weighted by atomic mass is 10.4. The summed E-state index contributed by atoms with van der Waals surface area (Å²) in [7, 11) is 0. The van der Waals surface area contributed by atoms with Gasteiger partial charge in [-0.2, -0.15) is 0 Å². The van der Waals surface area contributed by atoms with Crippen molar-refractivity contribution < 1.29 is 1.37 Å². The van der Waals surface area contributed by atoms with Crippen molar-refractivity contribution in [1.82, 2.24) is 0 Å². The first-order valence-electron chi connectivity index (χ1n) is 10.8.